The highest BCUT2D eigenvalue weighted by Crippen LogP contribution is 2.21. The summed E-state index contributed by atoms with van der Waals surface area (Å²) in [6.45, 7) is 2.01. The van der Waals surface area contributed by atoms with Crippen molar-refractivity contribution in [3.8, 4) is 0 Å². The number of likely N-dealkylation sites (N-methyl/N-ethyl adjacent to an activating group) is 1. The van der Waals surface area contributed by atoms with Gasteiger partial charge in [-0.05, 0) is 19.3 Å². The summed E-state index contributed by atoms with van der Waals surface area (Å²) in [5.41, 5.74) is 2.47. The summed E-state index contributed by atoms with van der Waals surface area (Å²) in [5.74, 6) is 0.912. The second-order valence-electron chi connectivity index (χ2n) is 3.59. The van der Waals surface area contributed by atoms with Gasteiger partial charge in [0.05, 0.1) is 0 Å². The molecule has 76 valence electrons. The minimum atomic E-state index is 0.567. The lowest BCUT2D eigenvalue weighted by molar-refractivity contribution is 0.309. The topological polar surface area (TPSA) is 44.0 Å². The third-order valence-electron chi connectivity index (χ3n) is 2.53. The monoisotopic (exact) mass is 210 g/mol. The van der Waals surface area contributed by atoms with Crippen molar-refractivity contribution >= 4 is 18.0 Å². The number of nitrogens with zero attached hydrogens (tertiary/aromatic N) is 2. The number of aromatic amines is 1. The van der Waals surface area contributed by atoms with Gasteiger partial charge in [0.15, 0.2) is 4.77 Å². The van der Waals surface area contributed by atoms with Gasteiger partial charge in [-0.2, -0.15) is 0 Å². The van der Waals surface area contributed by atoms with E-state index < -0.39 is 0 Å². The normalized spacial score (nSPS) is 16.4. The van der Waals surface area contributed by atoms with E-state index in [1.165, 1.54) is 11.3 Å². The first-order chi connectivity index (χ1) is 6.70. The predicted octanol–water partition coefficient (Wildman–Crippen LogP) is 1.17. The van der Waals surface area contributed by atoms with Crippen LogP contribution in [0.15, 0.2) is 0 Å². The van der Waals surface area contributed by atoms with E-state index in [2.05, 4.69) is 27.2 Å². The lowest BCUT2D eigenvalue weighted by Gasteiger charge is -2.25. The molecule has 0 aliphatic carbocycles. The molecule has 0 aromatic carbocycles. The fourth-order valence-electron chi connectivity index (χ4n) is 1.79. The number of H-pyrrole nitrogens is 1. The van der Waals surface area contributed by atoms with Gasteiger partial charge in [0.25, 0.3) is 0 Å². The van der Waals surface area contributed by atoms with Crippen LogP contribution in [0.25, 0.3) is 0 Å². The average molecular weight is 210 g/mol. The van der Waals surface area contributed by atoms with Gasteiger partial charge < -0.3 is 15.2 Å². The van der Waals surface area contributed by atoms with Crippen molar-refractivity contribution in [3.63, 3.8) is 0 Å². The van der Waals surface area contributed by atoms with E-state index in [1.54, 1.807) is 0 Å². The number of hydrogen-bond donors (Lipinski definition) is 2. The Hall–Kier alpha value is -0.940. The minimum Gasteiger partial charge on any atom is -0.373 e. The van der Waals surface area contributed by atoms with Crippen LogP contribution in [0, 0.1) is 4.77 Å². The largest absolute Gasteiger partial charge is 0.373 e. The fourth-order valence-corrected chi connectivity index (χ4v) is 2.00. The number of hydrogen-bond acceptors (Lipinski definition) is 4. The zero-order valence-corrected chi connectivity index (χ0v) is 9.24. The Bertz CT molecular complexity index is 378. The van der Waals surface area contributed by atoms with Crippen molar-refractivity contribution in [3.05, 3.63) is 16.0 Å². The Kier molecular flexibility index (Phi) is 2.52. The van der Waals surface area contributed by atoms with Gasteiger partial charge in [-0.3, -0.25) is 0 Å². The van der Waals surface area contributed by atoms with Crippen LogP contribution >= 0.6 is 12.2 Å². The molecule has 2 rings (SSSR count). The molecule has 0 spiro atoms. The molecule has 2 heterocycles. The molecule has 5 heteroatoms. The second-order valence-corrected chi connectivity index (χ2v) is 3.97. The molecule has 0 saturated heterocycles. The van der Waals surface area contributed by atoms with E-state index in [4.69, 9.17) is 12.2 Å². The zero-order valence-electron chi connectivity index (χ0n) is 8.42. The first-order valence-electron chi connectivity index (χ1n) is 4.69. The van der Waals surface area contributed by atoms with Crippen LogP contribution in [0.3, 0.4) is 0 Å². The van der Waals surface area contributed by atoms with Crippen molar-refractivity contribution in [1.82, 2.24) is 14.9 Å². The molecule has 0 unspecified atom stereocenters. The van der Waals surface area contributed by atoms with Crippen LogP contribution in [0.1, 0.15) is 11.3 Å². The Labute approximate surface area is 88.4 Å². The number of rotatable bonds is 1. The molecule has 14 heavy (non-hydrogen) atoms. The van der Waals surface area contributed by atoms with Crippen LogP contribution in [0.4, 0.5) is 5.82 Å². The molecule has 1 aromatic rings. The van der Waals surface area contributed by atoms with Gasteiger partial charge in [0, 0.05) is 37.8 Å². The maximum Gasteiger partial charge on any atom is 0.198 e. The van der Waals surface area contributed by atoms with Crippen LogP contribution in [-0.4, -0.2) is 35.5 Å². The first kappa shape index (κ1) is 9.61. The lowest BCUT2D eigenvalue weighted by atomic mass is 10.1. The molecular formula is C9H14N4S. The predicted molar refractivity (Wildman–Crippen MR) is 59.0 cm³/mol. The summed E-state index contributed by atoms with van der Waals surface area (Å²) in [4.78, 5) is 9.70. The molecule has 1 aromatic heterocycles. The Morgan fingerprint density at radius 3 is 3.07 bits per heavy atom. The van der Waals surface area contributed by atoms with E-state index in [0.29, 0.717) is 4.77 Å². The van der Waals surface area contributed by atoms with Gasteiger partial charge >= 0.3 is 0 Å². The molecule has 1 aliphatic heterocycles. The molecule has 0 radical (unpaired) electrons. The Balaban J connectivity index is 2.52. The fraction of sp³-hybridized carbons (Fsp3) is 0.556. The van der Waals surface area contributed by atoms with E-state index in [-0.39, 0.29) is 0 Å². The highest BCUT2D eigenvalue weighted by Gasteiger charge is 2.17. The molecule has 0 atom stereocenters. The molecule has 0 saturated carbocycles. The Morgan fingerprint density at radius 2 is 2.36 bits per heavy atom. The number of anilines is 1. The van der Waals surface area contributed by atoms with Crippen LogP contribution in [0.5, 0.6) is 0 Å². The molecule has 2 N–H and O–H groups in total. The third kappa shape index (κ3) is 1.65. The summed E-state index contributed by atoms with van der Waals surface area (Å²) in [7, 11) is 4.00. The Morgan fingerprint density at radius 1 is 1.57 bits per heavy atom. The maximum absolute atomic E-state index is 5.06. The molecular weight excluding hydrogens is 196 g/mol. The van der Waals surface area contributed by atoms with E-state index >= 15 is 0 Å². The van der Waals surface area contributed by atoms with Crippen LogP contribution in [0.2, 0.25) is 0 Å². The maximum atomic E-state index is 5.06. The van der Waals surface area contributed by atoms with Gasteiger partial charge in [0.1, 0.15) is 5.82 Å². The zero-order chi connectivity index (χ0) is 10.1. The van der Waals surface area contributed by atoms with E-state index in [0.717, 1.165) is 25.3 Å². The number of nitrogens with one attached hydrogen (secondary N) is 2. The summed E-state index contributed by atoms with van der Waals surface area (Å²) in [6, 6.07) is 0. The van der Waals surface area contributed by atoms with E-state index in [9.17, 15) is 0 Å². The lowest BCUT2D eigenvalue weighted by Crippen LogP contribution is -2.28. The van der Waals surface area contributed by atoms with E-state index in [1.807, 2.05) is 7.05 Å². The van der Waals surface area contributed by atoms with Crippen molar-refractivity contribution in [2.45, 2.75) is 13.0 Å². The van der Waals surface area contributed by atoms with Crippen molar-refractivity contribution in [2.24, 2.45) is 0 Å². The van der Waals surface area contributed by atoms with Crippen molar-refractivity contribution in [1.29, 1.82) is 0 Å². The SMILES string of the molecule is CNc1nc(=S)[nH]c2c1CN(C)CC2. The molecule has 1 aliphatic rings. The molecule has 0 bridgehead atoms. The van der Waals surface area contributed by atoms with Gasteiger partial charge in [-0.25, -0.2) is 4.98 Å². The quantitative estimate of drug-likeness (QED) is 0.683. The van der Waals surface area contributed by atoms with Crippen LogP contribution < -0.4 is 5.32 Å². The van der Waals surface area contributed by atoms with Crippen molar-refractivity contribution < 1.29 is 0 Å². The summed E-state index contributed by atoms with van der Waals surface area (Å²) < 4.78 is 0.567. The second kappa shape index (κ2) is 3.67. The minimum absolute atomic E-state index is 0.567. The molecule has 0 fully saturated rings. The molecule has 4 nitrogen and oxygen atoms in total. The van der Waals surface area contributed by atoms with Gasteiger partial charge in [-0.15, -0.1) is 0 Å². The van der Waals surface area contributed by atoms with Crippen molar-refractivity contribution in [2.75, 3.05) is 26.0 Å². The smallest absolute Gasteiger partial charge is 0.198 e. The summed E-state index contributed by atoms with van der Waals surface area (Å²) in [5, 5.41) is 3.09. The summed E-state index contributed by atoms with van der Waals surface area (Å²) >= 11 is 5.06. The number of fused-ring (bicyclic) bond motifs is 1. The third-order valence-corrected chi connectivity index (χ3v) is 2.72. The summed E-state index contributed by atoms with van der Waals surface area (Å²) in [6.07, 6.45) is 1.02. The van der Waals surface area contributed by atoms with Gasteiger partial charge in [-0.1, -0.05) is 0 Å². The highest BCUT2D eigenvalue weighted by molar-refractivity contribution is 7.71. The first-order valence-corrected chi connectivity index (χ1v) is 5.10. The molecule has 0 amide bonds. The average Bonchev–Trinajstić information content (AvgIpc) is 2.17. The standard InChI is InChI=1S/C9H14N4S/c1-10-8-6-5-13(2)4-3-7(6)11-9(14)12-8/h3-5H2,1-2H3,(H2,10,11,12,14). The number of aromatic nitrogens is 2. The van der Waals surface area contributed by atoms with Crippen LogP contribution in [-0.2, 0) is 13.0 Å². The van der Waals surface area contributed by atoms with Gasteiger partial charge in [0.2, 0.25) is 0 Å². The highest BCUT2D eigenvalue weighted by atomic mass is 32.1.